The van der Waals surface area contributed by atoms with Gasteiger partial charge in [-0.3, -0.25) is 13.9 Å². The second-order valence-corrected chi connectivity index (χ2v) is 9.59. The van der Waals surface area contributed by atoms with Gasteiger partial charge in [-0.1, -0.05) is 0 Å². The van der Waals surface area contributed by atoms with Crippen LogP contribution in [-0.4, -0.2) is 109 Å². The van der Waals surface area contributed by atoms with E-state index < -0.39 is 47.7 Å². The van der Waals surface area contributed by atoms with Gasteiger partial charge in [-0.25, -0.2) is 4.79 Å². The molecule has 1 amide bonds. The van der Waals surface area contributed by atoms with Crippen molar-refractivity contribution in [2.24, 2.45) is 0 Å². The monoisotopic (exact) mass is 544 g/mol. The second kappa shape index (κ2) is 11.6. The third kappa shape index (κ3) is 7.16. The molecule has 0 saturated heterocycles. The van der Waals surface area contributed by atoms with Crippen molar-refractivity contribution < 1.29 is 45.4 Å². The molecule has 0 unspecified atom stereocenters. The number of fused-ring (bicyclic) bond motifs is 1. The predicted octanol–water partition coefficient (Wildman–Crippen LogP) is 0.363. The van der Waals surface area contributed by atoms with Crippen molar-refractivity contribution in [3.8, 4) is 5.75 Å². The van der Waals surface area contributed by atoms with Crippen molar-refractivity contribution in [3.63, 3.8) is 0 Å². The van der Waals surface area contributed by atoms with Gasteiger partial charge in [0, 0.05) is 22.7 Å². The molecule has 0 aliphatic carbocycles. The molecule has 0 bridgehead atoms. The SMILES string of the molecule is COC(=O)c1cc(N)cc(C(=O)Nc2cc(S(=O)(=O)O)cc3cc(S(=O)(=O)O)cc(O)c23)c1.[NaH].[NaH]. The van der Waals surface area contributed by atoms with E-state index in [2.05, 4.69) is 10.1 Å². The first-order valence-corrected chi connectivity index (χ1v) is 11.6. The zero-order valence-corrected chi connectivity index (χ0v) is 18.3. The zero-order chi connectivity index (χ0) is 24.7. The number of esters is 1. The molecule has 0 aromatic heterocycles. The molecule has 0 aliphatic heterocycles. The first kappa shape index (κ1) is 31.3. The van der Waals surface area contributed by atoms with Gasteiger partial charge in [0.05, 0.1) is 28.2 Å². The Bertz CT molecular complexity index is 1540. The van der Waals surface area contributed by atoms with Crippen LogP contribution in [0.2, 0.25) is 0 Å². The van der Waals surface area contributed by atoms with Crippen LogP contribution < -0.4 is 11.1 Å². The van der Waals surface area contributed by atoms with Crippen LogP contribution in [0.15, 0.2) is 52.3 Å². The van der Waals surface area contributed by atoms with Gasteiger partial charge < -0.3 is 20.9 Å². The Hall–Kier alpha value is -1.72. The second-order valence-electron chi connectivity index (χ2n) is 6.75. The van der Waals surface area contributed by atoms with Crippen molar-refractivity contribution in [2.45, 2.75) is 9.79 Å². The normalized spacial score (nSPS) is 11.2. The summed E-state index contributed by atoms with van der Waals surface area (Å²) in [6.07, 6.45) is 0. The van der Waals surface area contributed by atoms with Crippen molar-refractivity contribution in [1.82, 2.24) is 0 Å². The van der Waals surface area contributed by atoms with Crippen molar-refractivity contribution in [1.29, 1.82) is 0 Å². The number of methoxy groups -OCH3 is 1. The van der Waals surface area contributed by atoms with E-state index in [9.17, 15) is 40.6 Å². The van der Waals surface area contributed by atoms with E-state index in [1.807, 2.05) is 0 Å². The molecule has 0 heterocycles. The molecule has 12 nitrogen and oxygen atoms in total. The first-order chi connectivity index (χ1) is 15.2. The summed E-state index contributed by atoms with van der Waals surface area (Å²) in [5, 5.41) is 12.2. The van der Waals surface area contributed by atoms with Gasteiger partial charge in [0.1, 0.15) is 5.75 Å². The van der Waals surface area contributed by atoms with Gasteiger partial charge in [-0.15, -0.1) is 0 Å². The van der Waals surface area contributed by atoms with Crippen LogP contribution in [0.25, 0.3) is 10.8 Å². The fourth-order valence-corrected chi connectivity index (χ4v) is 4.13. The molecule has 0 saturated carbocycles. The van der Waals surface area contributed by atoms with Gasteiger partial charge in [0.15, 0.2) is 0 Å². The maximum atomic E-state index is 12.8. The average molecular weight is 544 g/mol. The number of carbonyl (C=O) groups excluding carboxylic acids is 2. The van der Waals surface area contributed by atoms with Crippen molar-refractivity contribution in [3.05, 3.63) is 53.6 Å². The maximum absolute atomic E-state index is 12.8. The van der Waals surface area contributed by atoms with Gasteiger partial charge >= 0.3 is 65.1 Å². The third-order valence-corrected chi connectivity index (χ3v) is 6.12. The molecular formula is C19H18N2Na2O10S2. The number of benzene rings is 3. The average Bonchev–Trinajstić information content (AvgIpc) is 2.70. The summed E-state index contributed by atoms with van der Waals surface area (Å²) in [4.78, 5) is 23.1. The Balaban J connectivity index is 0.00000306. The number of anilines is 2. The standard InChI is InChI=1S/C19H16N2O10S2.2Na.2H/c1-31-19(24)11-2-10(3-12(20)4-11)18(23)21-15-7-13(32(25,26)27)5-9-6-14(33(28,29)30)8-16(22)17(9)15;;;;/h2-8,22H,20H2,1H3,(H,21,23)(H,25,26,27)(H,28,29,30);;;;. The topological polar surface area (TPSA) is 210 Å². The molecule has 3 aromatic carbocycles. The van der Waals surface area contributed by atoms with E-state index in [0.717, 1.165) is 31.4 Å². The van der Waals surface area contributed by atoms with Crippen molar-refractivity contribution >= 4 is 113 Å². The van der Waals surface area contributed by atoms with E-state index in [1.54, 1.807) is 0 Å². The Morgan fingerprint density at radius 1 is 0.857 bits per heavy atom. The van der Waals surface area contributed by atoms with Gasteiger partial charge in [-0.05, 0) is 41.8 Å². The van der Waals surface area contributed by atoms with E-state index >= 15 is 0 Å². The molecule has 3 rings (SSSR count). The number of carbonyl (C=O) groups is 2. The summed E-state index contributed by atoms with van der Waals surface area (Å²) in [5.74, 6) is -2.38. The fraction of sp³-hybridized carbons (Fsp3) is 0.0526. The number of nitrogens with two attached hydrogens (primary N) is 1. The number of nitrogen functional groups attached to an aromatic ring is 1. The Morgan fingerprint density at radius 3 is 1.89 bits per heavy atom. The van der Waals surface area contributed by atoms with Gasteiger partial charge in [-0.2, -0.15) is 16.8 Å². The summed E-state index contributed by atoms with van der Waals surface area (Å²) in [7, 11) is -8.49. The number of rotatable bonds is 5. The van der Waals surface area contributed by atoms with E-state index in [0.29, 0.717) is 6.07 Å². The third-order valence-electron chi connectivity index (χ3n) is 4.46. The number of aromatic hydroxyl groups is 1. The van der Waals surface area contributed by atoms with Crippen molar-refractivity contribution in [2.75, 3.05) is 18.2 Å². The summed E-state index contributed by atoms with van der Waals surface area (Å²) < 4.78 is 69.6. The first-order valence-electron chi connectivity index (χ1n) is 8.76. The number of phenolic OH excluding ortho intramolecular Hbond substituents is 1. The number of nitrogens with one attached hydrogen (secondary N) is 1. The van der Waals surface area contributed by atoms with Crippen LogP contribution in [0.3, 0.4) is 0 Å². The molecule has 16 heteroatoms. The van der Waals surface area contributed by atoms with E-state index in [-0.39, 0.29) is 92.4 Å². The Morgan fingerprint density at radius 2 is 1.37 bits per heavy atom. The van der Waals surface area contributed by atoms with Crippen LogP contribution in [-0.2, 0) is 25.0 Å². The molecule has 0 atom stereocenters. The van der Waals surface area contributed by atoms with Gasteiger partial charge in [0.2, 0.25) is 0 Å². The summed E-state index contributed by atoms with van der Waals surface area (Å²) in [6, 6.07) is 6.83. The number of amides is 1. The predicted molar refractivity (Wildman–Crippen MR) is 130 cm³/mol. The zero-order valence-electron chi connectivity index (χ0n) is 16.6. The number of hydrogen-bond donors (Lipinski definition) is 5. The molecular weight excluding hydrogens is 526 g/mol. The number of hydrogen-bond acceptors (Lipinski definition) is 9. The number of ether oxygens (including phenoxy) is 1. The Labute approximate surface area is 243 Å². The Kier molecular flexibility index (Phi) is 10.3. The van der Waals surface area contributed by atoms with Gasteiger partial charge in [0.25, 0.3) is 26.1 Å². The van der Waals surface area contributed by atoms with Crippen LogP contribution in [0.4, 0.5) is 11.4 Å². The molecule has 0 fully saturated rings. The molecule has 3 aromatic rings. The van der Waals surface area contributed by atoms with E-state index in [4.69, 9.17) is 5.73 Å². The van der Waals surface area contributed by atoms with E-state index in [1.165, 1.54) is 12.1 Å². The quantitative estimate of drug-likeness (QED) is 0.128. The summed E-state index contributed by atoms with van der Waals surface area (Å²) in [6.45, 7) is 0. The van der Waals surface area contributed by atoms with Crippen LogP contribution >= 0.6 is 0 Å². The van der Waals surface area contributed by atoms with Crippen LogP contribution in [0.5, 0.6) is 5.75 Å². The minimum absolute atomic E-state index is 0. The molecule has 6 N–H and O–H groups in total. The minimum atomic E-state index is -4.83. The van der Waals surface area contributed by atoms with Crippen LogP contribution in [0, 0.1) is 0 Å². The number of phenols is 1. The van der Waals surface area contributed by atoms with Crippen LogP contribution in [0.1, 0.15) is 20.7 Å². The molecule has 35 heavy (non-hydrogen) atoms. The molecule has 0 radical (unpaired) electrons. The summed E-state index contributed by atoms with van der Waals surface area (Å²) >= 11 is 0. The molecule has 178 valence electrons. The molecule has 0 spiro atoms. The molecule has 0 aliphatic rings. The summed E-state index contributed by atoms with van der Waals surface area (Å²) in [5.41, 5.74) is 5.26. The fourth-order valence-electron chi connectivity index (χ4n) is 3.05.